The van der Waals surface area contributed by atoms with Crippen molar-refractivity contribution < 1.29 is 5.11 Å². The van der Waals surface area contributed by atoms with E-state index in [-0.39, 0.29) is 5.75 Å². The molecular weight excluding hydrogens is 320 g/mol. The first-order chi connectivity index (χ1) is 12.5. The highest BCUT2D eigenvalue weighted by Crippen LogP contribution is 2.36. The van der Waals surface area contributed by atoms with Crippen LogP contribution in [0, 0.1) is 6.92 Å². The Hall–Kier alpha value is -3.07. The minimum atomic E-state index is 0.253. The van der Waals surface area contributed by atoms with Crippen LogP contribution in [0.15, 0.2) is 66.7 Å². The second kappa shape index (κ2) is 6.34. The van der Waals surface area contributed by atoms with Crippen LogP contribution >= 0.6 is 0 Å². The molecule has 0 saturated carbocycles. The predicted molar refractivity (Wildman–Crippen MR) is 107 cm³/mol. The van der Waals surface area contributed by atoms with E-state index in [1.165, 1.54) is 5.56 Å². The highest BCUT2D eigenvalue weighted by molar-refractivity contribution is 5.98. The van der Waals surface area contributed by atoms with Gasteiger partial charge < -0.3 is 5.11 Å². The maximum Gasteiger partial charge on any atom is 0.125 e. The molecule has 0 aliphatic heterocycles. The van der Waals surface area contributed by atoms with Crippen LogP contribution in [0.4, 0.5) is 0 Å². The minimum Gasteiger partial charge on any atom is -0.507 e. The maximum atomic E-state index is 10.5. The highest BCUT2D eigenvalue weighted by atomic mass is 16.3. The summed E-state index contributed by atoms with van der Waals surface area (Å²) in [6.45, 7) is 6.42. The van der Waals surface area contributed by atoms with Gasteiger partial charge in [0.15, 0.2) is 0 Å². The molecule has 1 heterocycles. The van der Waals surface area contributed by atoms with Crippen molar-refractivity contribution in [3.8, 4) is 22.7 Å². The molecule has 4 rings (SSSR count). The van der Waals surface area contributed by atoms with Crippen molar-refractivity contribution in [2.45, 2.75) is 26.7 Å². The van der Waals surface area contributed by atoms with Crippen molar-refractivity contribution in [2.75, 3.05) is 0 Å². The molecule has 4 aromatic rings. The monoisotopic (exact) mass is 342 g/mol. The molecule has 0 bridgehead atoms. The summed E-state index contributed by atoms with van der Waals surface area (Å²) in [5.74, 6) is 0.759. The van der Waals surface area contributed by atoms with Gasteiger partial charge in [0, 0.05) is 5.69 Å². The molecule has 0 atom stereocenters. The summed E-state index contributed by atoms with van der Waals surface area (Å²) in [4.78, 5) is 0. The normalized spacial score (nSPS) is 11.4. The van der Waals surface area contributed by atoms with Crippen LogP contribution in [0.3, 0.4) is 0 Å². The second-order valence-electron chi connectivity index (χ2n) is 7.01. The van der Waals surface area contributed by atoms with E-state index in [1.807, 2.05) is 48.0 Å². The van der Waals surface area contributed by atoms with E-state index in [4.69, 9.17) is 5.10 Å². The van der Waals surface area contributed by atoms with Gasteiger partial charge in [0.2, 0.25) is 0 Å². The molecule has 0 aliphatic carbocycles. The Labute approximate surface area is 153 Å². The number of aromatic nitrogens is 2. The molecule has 0 fully saturated rings. The molecule has 0 unspecified atom stereocenters. The van der Waals surface area contributed by atoms with Gasteiger partial charge in [-0.1, -0.05) is 56.3 Å². The summed E-state index contributed by atoms with van der Waals surface area (Å²) >= 11 is 0. The number of hydrogen-bond acceptors (Lipinski definition) is 2. The SMILES string of the molecule is Cc1cc(-c2c(O)ccc3ccccc23)nn1-c1ccc(C(C)C)cc1. The summed E-state index contributed by atoms with van der Waals surface area (Å²) in [6, 6.07) is 22.3. The van der Waals surface area contributed by atoms with Gasteiger partial charge in [-0.25, -0.2) is 4.68 Å². The molecule has 1 N–H and O–H groups in total. The van der Waals surface area contributed by atoms with E-state index in [0.29, 0.717) is 5.92 Å². The Bertz CT molecular complexity index is 1080. The largest absolute Gasteiger partial charge is 0.507 e. The van der Waals surface area contributed by atoms with Crippen molar-refractivity contribution in [3.63, 3.8) is 0 Å². The van der Waals surface area contributed by atoms with Crippen molar-refractivity contribution >= 4 is 10.8 Å². The average Bonchev–Trinajstić information content (AvgIpc) is 3.03. The summed E-state index contributed by atoms with van der Waals surface area (Å²) in [7, 11) is 0. The molecule has 0 saturated heterocycles. The number of fused-ring (bicyclic) bond motifs is 1. The quantitative estimate of drug-likeness (QED) is 0.508. The third-order valence-corrected chi connectivity index (χ3v) is 4.85. The fraction of sp³-hybridized carbons (Fsp3) is 0.174. The molecule has 3 nitrogen and oxygen atoms in total. The van der Waals surface area contributed by atoms with E-state index < -0.39 is 0 Å². The Morgan fingerprint density at radius 3 is 2.38 bits per heavy atom. The molecule has 130 valence electrons. The number of aryl methyl sites for hydroxylation is 1. The third kappa shape index (κ3) is 2.76. The summed E-state index contributed by atoms with van der Waals surface area (Å²) in [5.41, 5.74) is 4.93. The average molecular weight is 342 g/mol. The maximum absolute atomic E-state index is 10.5. The Morgan fingerprint density at radius 1 is 0.923 bits per heavy atom. The zero-order valence-corrected chi connectivity index (χ0v) is 15.3. The Balaban J connectivity index is 1.84. The molecular formula is C23H22N2O. The first-order valence-corrected chi connectivity index (χ1v) is 8.92. The zero-order chi connectivity index (χ0) is 18.3. The van der Waals surface area contributed by atoms with Crippen LogP contribution in [-0.2, 0) is 0 Å². The fourth-order valence-electron chi connectivity index (χ4n) is 3.39. The lowest BCUT2D eigenvalue weighted by Gasteiger charge is -2.09. The van der Waals surface area contributed by atoms with Gasteiger partial charge in [-0.3, -0.25) is 0 Å². The second-order valence-corrected chi connectivity index (χ2v) is 7.01. The third-order valence-electron chi connectivity index (χ3n) is 4.85. The van der Waals surface area contributed by atoms with E-state index in [0.717, 1.165) is 33.4 Å². The predicted octanol–water partition coefficient (Wildman–Crippen LogP) is 5.83. The minimum absolute atomic E-state index is 0.253. The number of rotatable bonds is 3. The summed E-state index contributed by atoms with van der Waals surface area (Å²) in [5, 5.41) is 17.4. The van der Waals surface area contributed by atoms with E-state index in [1.54, 1.807) is 6.07 Å². The molecule has 1 aromatic heterocycles. The summed E-state index contributed by atoms with van der Waals surface area (Å²) < 4.78 is 1.93. The summed E-state index contributed by atoms with van der Waals surface area (Å²) in [6.07, 6.45) is 0. The highest BCUT2D eigenvalue weighted by Gasteiger charge is 2.15. The van der Waals surface area contributed by atoms with Gasteiger partial charge >= 0.3 is 0 Å². The van der Waals surface area contributed by atoms with E-state index >= 15 is 0 Å². The topological polar surface area (TPSA) is 38.1 Å². The number of aromatic hydroxyl groups is 1. The lowest BCUT2D eigenvalue weighted by molar-refractivity contribution is 0.478. The Kier molecular flexibility index (Phi) is 4.00. The van der Waals surface area contributed by atoms with Crippen molar-refractivity contribution in [3.05, 3.63) is 78.0 Å². The fourth-order valence-corrected chi connectivity index (χ4v) is 3.39. The van der Waals surface area contributed by atoms with Crippen LogP contribution < -0.4 is 0 Å². The van der Waals surface area contributed by atoms with Crippen molar-refractivity contribution in [2.24, 2.45) is 0 Å². The molecule has 26 heavy (non-hydrogen) atoms. The standard InChI is InChI=1S/C23H22N2O/c1-15(2)17-8-11-19(12-9-17)25-16(3)14-21(24-25)23-20-7-5-4-6-18(20)10-13-22(23)26/h4-15,26H,1-3H3. The lowest BCUT2D eigenvalue weighted by atomic mass is 10.0. The van der Waals surface area contributed by atoms with Gasteiger partial charge in [0.05, 0.1) is 16.9 Å². The number of nitrogens with zero attached hydrogens (tertiary/aromatic N) is 2. The smallest absolute Gasteiger partial charge is 0.125 e. The van der Waals surface area contributed by atoms with Gasteiger partial charge in [-0.2, -0.15) is 5.10 Å². The molecule has 3 aromatic carbocycles. The first-order valence-electron chi connectivity index (χ1n) is 8.92. The lowest BCUT2D eigenvalue weighted by Crippen LogP contribution is -1.99. The van der Waals surface area contributed by atoms with Crippen LogP contribution in [0.2, 0.25) is 0 Å². The Morgan fingerprint density at radius 2 is 1.65 bits per heavy atom. The van der Waals surface area contributed by atoms with E-state index in [2.05, 4.69) is 38.1 Å². The van der Waals surface area contributed by atoms with Crippen LogP contribution in [0.1, 0.15) is 31.0 Å². The van der Waals surface area contributed by atoms with Gasteiger partial charge in [-0.05, 0) is 53.4 Å². The van der Waals surface area contributed by atoms with Gasteiger partial charge in [0.25, 0.3) is 0 Å². The molecule has 0 radical (unpaired) electrons. The zero-order valence-electron chi connectivity index (χ0n) is 15.3. The molecule has 0 amide bonds. The number of hydrogen-bond donors (Lipinski definition) is 1. The van der Waals surface area contributed by atoms with Gasteiger partial charge in [0.1, 0.15) is 5.75 Å². The van der Waals surface area contributed by atoms with Crippen LogP contribution in [-0.4, -0.2) is 14.9 Å². The number of phenolic OH excluding ortho intramolecular Hbond substituents is 1. The van der Waals surface area contributed by atoms with Gasteiger partial charge in [-0.15, -0.1) is 0 Å². The first kappa shape index (κ1) is 16.4. The van der Waals surface area contributed by atoms with E-state index in [9.17, 15) is 5.11 Å². The van der Waals surface area contributed by atoms with Crippen molar-refractivity contribution in [1.29, 1.82) is 0 Å². The molecule has 0 aliphatic rings. The molecule has 3 heteroatoms. The van der Waals surface area contributed by atoms with Crippen LogP contribution in [0.25, 0.3) is 27.7 Å². The van der Waals surface area contributed by atoms with Crippen LogP contribution in [0.5, 0.6) is 5.75 Å². The number of benzene rings is 3. The molecule has 0 spiro atoms. The number of phenols is 1. The van der Waals surface area contributed by atoms with Crippen molar-refractivity contribution in [1.82, 2.24) is 9.78 Å².